The molecule has 5 N–H and O–H groups in total. The Balaban J connectivity index is 1.35. The number of nitrogens with zero attached hydrogens (tertiary/aromatic N) is 1. The lowest BCUT2D eigenvalue weighted by atomic mass is 9.81. The average Bonchev–Trinajstić information content (AvgIpc) is 3.74. The van der Waals surface area contributed by atoms with Crippen molar-refractivity contribution in [1.82, 2.24) is 20.3 Å². The molecular weight excluding hydrogens is 558 g/mol. The standard InChI is InChI=1S/C30H49N5O6S/c1-19(17-24(36)28(31)38)34-42-41-18-23-13-8-16-35(23)29(39)26(21-11-6-3-7-12-21)33-30(40)32-25(27(37)22-14-15-22)20-9-4-2-5-10-20/h19-23,25-26,34H,2-18H2,1H3,(H2,31,38)(H2,32,33,40). The van der Waals surface area contributed by atoms with Gasteiger partial charge in [-0.15, -0.1) is 0 Å². The second-order valence-corrected chi connectivity index (χ2v) is 13.4. The highest BCUT2D eigenvalue weighted by Gasteiger charge is 2.42. The van der Waals surface area contributed by atoms with Gasteiger partial charge in [0, 0.05) is 24.9 Å². The van der Waals surface area contributed by atoms with Crippen LogP contribution in [-0.2, 0) is 23.4 Å². The molecule has 1 heterocycles. The fourth-order valence-corrected chi connectivity index (χ4v) is 7.35. The monoisotopic (exact) mass is 607 g/mol. The molecule has 3 saturated carbocycles. The van der Waals surface area contributed by atoms with Gasteiger partial charge in [0.05, 0.1) is 30.9 Å². The molecule has 4 rings (SSSR count). The van der Waals surface area contributed by atoms with Gasteiger partial charge in [0.2, 0.25) is 11.7 Å². The number of hydrogen-bond acceptors (Lipinski definition) is 8. The first-order valence-corrected chi connectivity index (χ1v) is 16.8. The van der Waals surface area contributed by atoms with Crippen LogP contribution in [-0.4, -0.2) is 71.6 Å². The van der Waals surface area contributed by atoms with Crippen molar-refractivity contribution in [2.45, 2.75) is 127 Å². The Hall–Kier alpha value is -2.18. The first-order chi connectivity index (χ1) is 20.2. The molecule has 4 unspecified atom stereocenters. The van der Waals surface area contributed by atoms with Crippen molar-refractivity contribution in [1.29, 1.82) is 0 Å². The molecule has 0 radical (unpaired) electrons. The molecule has 0 bridgehead atoms. The molecule has 0 aromatic rings. The molecule has 4 amide bonds. The van der Waals surface area contributed by atoms with Crippen molar-refractivity contribution in [3.05, 3.63) is 0 Å². The molecule has 3 aliphatic carbocycles. The van der Waals surface area contributed by atoms with Crippen molar-refractivity contribution in [2.24, 2.45) is 23.5 Å². The lowest BCUT2D eigenvalue weighted by molar-refractivity contribution is -0.136. The highest BCUT2D eigenvalue weighted by Crippen LogP contribution is 2.36. The predicted molar refractivity (Wildman–Crippen MR) is 160 cm³/mol. The van der Waals surface area contributed by atoms with Crippen LogP contribution in [0.25, 0.3) is 0 Å². The number of urea groups is 1. The van der Waals surface area contributed by atoms with Crippen LogP contribution in [0.15, 0.2) is 0 Å². The summed E-state index contributed by atoms with van der Waals surface area (Å²) < 4.78 is 8.71. The zero-order valence-electron chi connectivity index (χ0n) is 24.9. The van der Waals surface area contributed by atoms with E-state index in [4.69, 9.17) is 9.92 Å². The van der Waals surface area contributed by atoms with E-state index in [0.29, 0.717) is 13.2 Å². The molecule has 4 atom stereocenters. The maximum absolute atomic E-state index is 14.0. The summed E-state index contributed by atoms with van der Waals surface area (Å²) >= 11 is 0.989. The first kappa shape index (κ1) is 32.7. The third-order valence-electron chi connectivity index (χ3n) is 9.36. The topological polar surface area (TPSA) is 160 Å². The second kappa shape index (κ2) is 16.0. The average molecular weight is 608 g/mol. The van der Waals surface area contributed by atoms with E-state index in [0.717, 1.165) is 95.7 Å². The number of nitrogens with one attached hydrogen (secondary N) is 3. The fourth-order valence-electron chi connectivity index (χ4n) is 6.81. The van der Waals surface area contributed by atoms with Gasteiger partial charge in [0.25, 0.3) is 5.91 Å². The molecule has 1 saturated heterocycles. The number of hydrogen-bond donors (Lipinski definition) is 4. The number of primary amides is 1. The van der Waals surface area contributed by atoms with Crippen molar-refractivity contribution < 1.29 is 28.2 Å². The molecule has 236 valence electrons. The third-order valence-corrected chi connectivity index (χ3v) is 10.1. The van der Waals surface area contributed by atoms with Gasteiger partial charge in [-0.3, -0.25) is 23.4 Å². The van der Waals surface area contributed by atoms with Crippen LogP contribution in [0.5, 0.6) is 0 Å². The maximum Gasteiger partial charge on any atom is 0.316 e. The summed E-state index contributed by atoms with van der Waals surface area (Å²) in [7, 11) is 0. The first-order valence-electron chi connectivity index (χ1n) is 16.0. The minimum atomic E-state index is -0.955. The number of likely N-dealkylation sites (tertiary alicyclic amines) is 1. The van der Waals surface area contributed by atoms with Gasteiger partial charge in [0.15, 0.2) is 5.78 Å². The number of carbonyl (C=O) groups is 5. The Labute approximate surface area is 253 Å². The largest absolute Gasteiger partial charge is 0.363 e. The van der Waals surface area contributed by atoms with Crippen LogP contribution in [0.2, 0.25) is 0 Å². The number of amides is 4. The highest BCUT2D eigenvalue weighted by molar-refractivity contribution is 7.92. The Bertz CT molecular complexity index is 966. The Morgan fingerprint density at radius 3 is 2.02 bits per heavy atom. The zero-order valence-corrected chi connectivity index (χ0v) is 25.8. The van der Waals surface area contributed by atoms with Crippen LogP contribution < -0.4 is 21.1 Å². The minimum absolute atomic E-state index is 0.0234. The van der Waals surface area contributed by atoms with Gasteiger partial charge in [-0.25, -0.2) is 9.52 Å². The molecule has 42 heavy (non-hydrogen) atoms. The van der Waals surface area contributed by atoms with Crippen LogP contribution in [0.1, 0.15) is 103 Å². The van der Waals surface area contributed by atoms with Gasteiger partial charge in [-0.1, -0.05) is 38.5 Å². The molecule has 4 fully saturated rings. The lowest BCUT2D eigenvalue weighted by Gasteiger charge is -2.36. The normalized spacial score (nSPS) is 24.0. The van der Waals surface area contributed by atoms with Gasteiger partial charge >= 0.3 is 6.03 Å². The molecule has 0 aromatic carbocycles. The Morgan fingerprint density at radius 1 is 0.833 bits per heavy atom. The van der Waals surface area contributed by atoms with Crippen molar-refractivity contribution in [2.75, 3.05) is 13.2 Å². The Kier molecular flexibility index (Phi) is 12.5. The summed E-state index contributed by atoms with van der Waals surface area (Å²) in [6, 6.07) is -1.96. The summed E-state index contributed by atoms with van der Waals surface area (Å²) in [6.07, 6.45) is 13.7. The number of carbonyl (C=O) groups excluding carboxylic acids is 5. The zero-order chi connectivity index (χ0) is 30.1. The van der Waals surface area contributed by atoms with Crippen molar-refractivity contribution in [3.8, 4) is 0 Å². The van der Waals surface area contributed by atoms with Crippen LogP contribution in [0, 0.1) is 17.8 Å². The molecule has 1 aliphatic heterocycles. The molecule has 11 nitrogen and oxygen atoms in total. The SMILES string of the molecule is CC(CC(=O)C(N)=O)NSOCC1CCCN1C(=O)C(NC(=O)NC(C(=O)C1CC1)C1CCCCC1)C1CCCCC1. The van der Waals surface area contributed by atoms with Crippen LogP contribution in [0.3, 0.4) is 0 Å². The van der Waals surface area contributed by atoms with E-state index >= 15 is 0 Å². The summed E-state index contributed by atoms with van der Waals surface area (Å²) in [6.45, 7) is 2.65. The quantitative estimate of drug-likeness (QED) is 0.0956. The number of Topliss-reactive ketones (excluding diaryl/α,β-unsaturated/α-hetero) is 2. The van der Waals surface area contributed by atoms with Gasteiger partial charge in [-0.05, 0) is 70.1 Å². The molecule has 0 spiro atoms. The summed E-state index contributed by atoms with van der Waals surface area (Å²) in [5.41, 5.74) is 5.02. The molecule has 0 aromatic heterocycles. The third kappa shape index (κ3) is 9.41. The lowest BCUT2D eigenvalue weighted by Crippen LogP contribution is -2.58. The van der Waals surface area contributed by atoms with Crippen LogP contribution in [0.4, 0.5) is 4.79 Å². The minimum Gasteiger partial charge on any atom is -0.363 e. The van der Waals surface area contributed by atoms with Gasteiger partial charge in [-0.2, -0.15) is 0 Å². The highest BCUT2D eigenvalue weighted by atomic mass is 32.2. The van der Waals surface area contributed by atoms with E-state index in [9.17, 15) is 24.0 Å². The van der Waals surface area contributed by atoms with Gasteiger partial charge in [0.1, 0.15) is 6.04 Å². The summed E-state index contributed by atoms with van der Waals surface area (Å²) in [5.74, 6) is -1.22. The van der Waals surface area contributed by atoms with E-state index in [1.807, 2.05) is 4.90 Å². The second-order valence-electron chi connectivity index (χ2n) is 12.8. The summed E-state index contributed by atoms with van der Waals surface area (Å²) in [5, 5.41) is 6.10. The van der Waals surface area contributed by atoms with E-state index < -0.39 is 29.8 Å². The van der Waals surface area contributed by atoms with Crippen molar-refractivity contribution in [3.63, 3.8) is 0 Å². The van der Waals surface area contributed by atoms with E-state index in [1.54, 1.807) is 6.92 Å². The molecule has 12 heteroatoms. The number of ketones is 2. The van der Waals surface area contributed by atoms with E-state index in [-0.39, 0.29) is 47.9 Å². The van der Waals surface area contributed by atoms with Crippen molar-refractivity contribution >= 4 is 41.6 Å². The predicted octanol–water partition coefficient (Wildman–Crippen LogP) is 3.16. The van der Waals surface area contributed by atoms with E-state index in [2.05, 4.69) is 15.4 Å². The Morgan fingerprint density at radius 2 is 1.43 bits per heavy atom. The number of nitrogens with two attached hydrogens (primary N) is 1. The molecular formula is C30H49N5O6S. The smallest absolute Gasteiger partial charge is 0.316 e. The maximum atomic E-state index is 14.0. The number of rotatable bonds is 15. The molecule has 4 aliphatic rings. The van der Waals surface area contributed by atoms with E-state index in [1.165, 1.54) is 6.42 Å². The van der Waals surface area contributed by atoms with Gasteiger partial charge < -0.3 is 21.3 Å². The van der Waals surface area contributed by atoms with Crippen LogP contribution >= 0.6 is 12.2 Å². The summed E-state index contributed by atoms with van der Waals surface area (Å²) in [4.78, 5) is 65.0. The fraction of sp³-hybridized carbons (Fsp3) is 0.833.